The Morgan fingerprint density at radius 1 is 1.35 bits per heavy atom. The van der Waals surface area contributed by atoms with E-state index in [-0.39, 0.29) is 0 Å². The lowest BCUT2D eigenvalue weighted by Crippen LogP contribution is -2.03. The van der Waals surface area contributed by atoms with Gasteiger partial charge in [0, 0.05) is 35.0 Å². The number of fused-ring (bicyclic) bond motifs is 1. The van der Waals surface area contributed by atoms with Crippen molar-refractivity contribution in [2.24, 2.45) is 7.05 Å². The fraction of sp³-hybridized carbons (Fsp3) is 0.143. The molecule has 0 radical (unpaired) electrons. The van der Waals surface area contributed by atoms with Crippen LogP contribution in [0.3, 0.4) is 0 Å². The van der Waals surface area contributed by atoms with Crippen LogP contribution < -0.4 is 11.1 Å². The second-order valence-electron chi connectivity index (χ2n) is 4.59. The number of halogens is 1. The summed E-state index contributed by atoms with van der Waals surface area (Å²) in [6.45, 7) is 0.650. The molecule has 1 aromatic carbocycles. The molecule has 0 aliphatic carbocycles. The summed E-state index contributed by atoms with van der Waals surface area (Å²) in [7, 11) is 1.90. The van der Waals surface area contributed by atoms with Crippen LogP contribution in [0.5, 0.6) is 0 Å². The molecule has 5 nitrogen and oxygen atoms in total. The van der Waals surface area contributed by atoms with Crippen molar-refractivity contribution in [2.75, 3.05) is 11.1 Å². The van der Waals surface area contributed by atoms with E-state index >= 15 is 0 Å². The standard InChI is InChI=1S/C14H14BrN5/c1-20-5-4-10(19-20)8-17-13-3-2-12(16)11-6-9(15)7-18-14(11)13/h2-7,17H,8,16H2,1H3. The number of nitrogens with zero attached hydrogens (tertiary/aromatic N) is 3. The number of nitrogens with one attached hydrogen (secondary N) is 1. The van der Waals surface area contributed by atoms with Crippen molar-refractivity contribution in [1.29, 1.82) is 0 Å². The Morgan fingerprint density at radius 2 is 2.20 bits per heavy atom. The first-order valence-corrected chi connectivity index (χ1v) is 6.99. The number of nitrogens with two attached hydrogens (primary N) is 1. The van der Waals surface area contributed by atoms with Crippen LogP contribution >= 0.6 is 15.9 Å². The van der Waals surface area contributed by atoms with Crippen molar-refractivity contribution in [2.45, 2.75) is 6.54 Å². The van der Waals surface area contributed by atoms with Gasteiger partial charge in [0.05, 0.1) is 23.4 Å². The summed E-state index contributed by atoms with van der Waals surface area (Å²) in [4.78, 5) is 4.44. The Balaban J connectivity index is 1.93. The Morgan fingerprint density at radius 3 is 2.95 bits per heavy atom. The third-order valence-corrected chi connectivity index (χ3v) is 3.51. The van der Waals surface area contributed by atoms with Crippen molar-refractivity contribution >= 4 is 38.2 Å². The van der Waals surface area contributed by atoms with Crippen molar-refractivity contribution < 1.29 is 0 Å². The average molecular weight is 332 g/mol. The van der Waals surface area contributed by atoms with Crippen molar-refractivity contribution in [3.63, 3.8) is 0 Å². The highest BCUT2D eigenvalue weighted by Crippen LogP contribution is 2.28. The first kappa shape index (κ1) is 12.9. The zero-order chi connectivity index (χ0) is 14.1. The second kappa shape index (κ2) is 5.13. The Kier molecular flexibility index (Phi) is 3.31. The predicted molar refractivity (Wildman–Crippen MR) is 84.4 cm³/mol. The molecule has 6 heteroatoms. The van der Waals surface area contributed by atoms with E-state index in [1.165, 1.54) is 0 Å². The van der Waals surface area contributed by atoms with E-state index in [1.54, 1.807) is 10.9 Å². The molecule has 0 fully saturated rings. The van der Waals surface area contributed by atoms with Crippen LogP contribution in [0.2, 0.25) is 0 Å². The molecule has 3 aromatic rings. The fourth-order valence-corrected chi connectivity index (χ4v) is 2.43. The van der Waals surface area contributed by atoms with E-state index in [2.05, 4.69) is 31.3 Å². The summed E-state index contributed by atoms with van der Waals surface area (Å²) in [6, 6.07) is 7.79. The maximum atomic E-state index is 6.00. The summed E-state index contributed by atoms with van der Waals surface area (Å²) in [5.41, 5.74) is 9.52. The van der Waals surface area contributed by atoms with Crippen molar-refractivity contribution in [1.82, 2.24) is 14.8 Å². The number of aromatic nitrogens is 3. The summed E-state index contributed by atoms with van der Waals surface area (Å²) < 4.78 is 2.70. The van der Waals surface area contributed by atoms with E-state index in [9.17, 15) is 0 Å². The van der Waals surface area contributed by atoms with Crippen molar-refractivity contribution in [3.8, 4) is 0 Å². The molecule has 2 aromatic heterocycles. The monoisotopic (exact) mass is 331 g/mol. The molecular formula is C14H14BrN5. The molecule has 0 amide bonds. The highest BCUT2D eigenvalue weighted by atomic mass is 79.9. The van der Waals surface area contributed by atoms with E-state index in [1.807, 2.05) is 37.5 Å². The number of nitrogen functional groups attached to an aromatic ring is 1. The first-order valence-electron chi connectivity index (χ1n) is 6.19. The van der Waals surface area contributed by atoms with Gasteiger partial charge in [-0.05, 0) is 40.2 Å². The van der Waals surface area contributed by atoms with Crippen LogP contribution in [0.15, 0.2) is 41.1 Å². The molecule has 102 valence electrons. The lowest BCUT2D eigenvalue weighted by atomic mass is 10.1. The summed E-state index contributed by atoms with van der Waals surface area (Å²) in [5, 5.41) is 8.63. The van der Waals surface area contributed by atoms with Gasteiger partial charge in [0.25, 0.3) is 0 Å². The van der Waals surface area contributed by atoms with Gasteiger partial charge in [-0.25, -0.2) is 0 Å². The Bertz CT molecular complexity index is 765. The summed E-state index contributed by atoms with van der Waals surface area (Å²) >= 11 is 3.42. The smallest absolute Gasteiger partial charge is 0.0954 e. The number of anilines is 2. The van der Waals surface area contributed by atoms with Gasteiger partial charge in [-0.3, -0.25) is 9.67 Å². The van der Waals surface area contributed by atoms with Gasteiger partial charge < -0.3 is 11.1 Å². The zero-order valence-corrected chi connectivity index (χ0v) is 12.6. The van der Waals surface area contributed by atoms with Crippen LogP contribution in [0, 0.1) is 0 Å². The Labute approximate surface area is 124 Å². The molecule has 3 N–H and O–H groups in total. The molecule has 0 atom stereocenters. The molecule has 0 aliphatic rings. The van der Waals surface area contributed by atoms with Gasteiger partial charge in [-0.15, -0.1) is 0 Å². The van der Waals surface area contributed by atoms with Gasteiger partial charge in [-0.1, -0.05) is 0 Å². The molecule has 0 unspecified atom stereocenters. The van der Waals surface area contributed by atoms with Gasteiger partial charge in [0.2, 0.25) is 0 Å². The largest absolute Gasteiger partial charge is 0.398 e. The number of rotatable bonds is 3. The van der Waals surface area contributed by atoms with Crippen LogP contribution in [0.25, 0.3) is 10.9 Å². The maximum Gasteiger partial charge on any atom is 0.0954 e. The number of hydrogen-bond acceptors (Lipinski definition) is 4. The number of aryl methyl sites for hydroxylation is 1. The molecule has 0 saturated carbocycles. The van der Waals surface area contributed by atoms with Crippen LogP contribution in [0.4, 0.5) is 11.4 Å². The maximum absolute atomic E-state index is 6.00. The molecule has 2 heterocycles. The molecular weight excluding hydrogens is 318 g/mol. The summed E-state index contributed by atoms with van der Waals surface area (Å²) in [6.07, 6.45) is 3.70. The zero-order valence-electron chi connectivity index (χ0n) is 11.0. The van der Waals surface area contributed by atoms with E-state index in [0.29, 0.717) is 6.54 Å². The molecule has 0 spiro atoms. The molecule has 0 saturated heterocycles. The molecule has 0 bridgehead atoms. The highest BCUT2D eigenvalue weighted by Gasteiger charge is 2.07. The van der Waals surface area contributed by atoms with Crippen LogP contribution in [-0.4, -0.2) is 14.8 Å². The van der Waals surface area contributed by atoms with E-state index in [0.717, 1.165) is 32.4 Å². The normalized spacial score (nSPS) is 10.9. The van der Waals surface area contributed by atoms with Gasteiger partial charge >= 0.3 is 0 Å². The van der Waals surface area contributed by atoms with Crippen LogP contribution in [0.1, 0.15) is 5.69 Å². The van der Waals surface area contributed by atoms with Crippen molar-refractivity contribution in [3.05, 3.63) is 46.8 Å². The minimum absolute atomic E-state index is 0.650. The first-order chi connectivity index (χ1) is 9.63. The van der Waals surface area contributed by atoms with Gasteiger partial charge in [-0.2, -0.15) is 5.10 Å². The van der Waals surface area contributed by atoms with Gasteiger partial charge in [0.15, 0.2) is 0 Å². The SMILES string of the molecule is Cn1ccc(CNc2ccc(N)c3cc(Br)cnc23)n1. The fourth-order valence-electron chi connectivity index (χ4n) is 2.10. The predicted octanol–water partition coefficient (Wildman–Crippen LogP) is 2.93. The van der Waals surface area contributed by atoms with Crippen LogP contribution in [-0.2, 0) is 13.6 Å². The third-order valence-electron chi connectivity index (χ3n) is 3.08. The van der Waals surface area contributed by atoms with E-state index in [4.69, 9.17) is 5.73 Å². The molecule has 3 rings (SSSR count). The summed E-state index contributed by atoms with van der Waals surface area (Å²) in [5.74, 6) is 0. The Hall–Kier alpha value is -2.08. The highest BCUT2D eigenvalue weighted by molar-refractivity contribution is 9.10. The second-order valence-corrected chi connectivity index (χ2v) is 5.50. The minimum Gasteiger partial charge on any atom is -0.398 e. The molecule has 0 aliphatic heterocycles. The lowest BCUT2D eigenvalue weighted by Gasteiger charge is -2.10. The topological polar surface area (TPSA) is 68.8 Å². The average Bonchev–Trinajstić information content (AvgIpc) is 2.84. The molecule has 20 heavy (non-hydrogen) atoms. The van der Waals surface area contributed by atoms with E-state index < -0.39 is 0 Å². The quantitative estimate of drug-likeness (QED) is 0.724. The third kappa shape index (κ3) is 2.46. The number of hydrogen-bond donors (Lipinski definition) is 2. The number of benzene rings is 1. The minimum atomic E-state index is 0.650. The van der Waals surface area contributed by atoms with Gasteiger partial charge in [0.1, 0.15) is 0 Å². The lowest BCUT2D eigenvalue weighted by molar-refractivity contribution is 0.747. The number of pyridine rings is 1.